The number of anilines is 1. The number of carboxylic acid groups (broad SMARTS) is 1. The van der Waals surface area contributed by atoms with Crippen LogP contribution in [0.3, 0.4) is 0 Å². The number of nitrogens with zero attached hydrogens (tertiary/aromatic N) is 3. The molecule has 2 N–H and O–H groups in total. The van der Waals surface area contributed by atoms with Crippen LogP contribution in [0, 0.1) is 6.92 Å². The van der Waals surface area contributed by atoms with Gasteiger partial charge in [-0.1, -0.05) is 54.6 Å². The SMILES string of the molecule is Cc1c(C(=O)O)cnn1-c1cccc(-c2ccccc2OCc2ccc(-c3ccc(NC=O)cc3)cc2)n1. The highest BCUT2D eigenvalue weighted by molar-refractivity contribution is 5.88. The molecule has 0 aliphatic carbocycles. The zero-order valence-corrected chi connectivity index (χ0v) is 20.5. The first-order valence-corrected chi connectivity index (χ1v) is 11.9. The summed E-state index contributed by atoms with van der Waals surface area (Å²) in [6, 6.07) is 28.9. The van der Waals surface area contributed by atoms with Gasteiger partial charge < -0.3 is 15.2 Å². The molecule has 0 unspecified atom stereocenters. The number of amides is 1. The summed E-state index contributed by atoms with van der Waals surface area (Å²) in [5.74, 6) is 0.178. The van der Waals surface area contributed by atoms with Gasteiger partial charge in [0.25, 0.3) is 0 Å². The number of nitrogens with one attached hydrogen (secondary N) is 1. The van der Waals surface area contributed by atoms with Crippen molar-refractivity contribution in [3.05, 3.63) is 114 Å². The highest BCUT2D eigenvalue weighted by Crippen LogP contribution is 2.30. The predicted molar refractivity (Wildman–Crippen MR) is 144 cm³/mol. The Balaban J connectivity index is 1.33. The van der Waals surface area contributed by atoms with Gasteiger partial charge in [0.15, 0.2) is 5.82 Å². The van der Waals surface area contributed by atoms with Crippen molar-refractivity contribution < 1.29 is 19.4 Å². The lowest BCUT2D eigenvalue weighted by molar-refractivity contribution is -0.105. The van der Waals surface area contributed by atoms with E-state index in [9.17, 15) is 14.7 Å². The van der Waals surface area contributed by atoms with Gasteiger partial charge in [0.2, 0.25) is 6.41 Å². The molecule has 38 heavy (non-hydrogen) atoms. The molecule has 5 rings (SSSR count). The number of carbonyl (C=O) groups is 2. The van der Waals surface area contributed by atoms with E-state index in [0.29, 0.717) is 36.0 Å². The Morgan fingerprint density at radius 3 is 2.34 bits per heavy atom. The second-order valence-electron chi connectivity index (χ2n) is 8.56. The third-order valence-electron chi connectivity index (χ3n) is 6.15. The third kappa shape index (κ3) is 5.15. The first-order valence-electron chi connectivity index (χ1n) is 11.9. The van der Waals surface area contributed by atoms with E-state index in [1.165, 1.54) is 10.9 Å². The van der Waals surface area contributed by atoms with E-state index in [0.717, 1.165) is 27.9 Å². The first-order chi connectivity index (χ1) is 18.5. The van der Waals surface area contributed by atoms with E-state index in [4.69, 9.17) is 9.72 Å². The molecule has 3 aromatic carbocycles. The summed E-state index contributed by atoms with van der Waals surface area (Å²) in [5.41, 5.74) is 6.02. The second kappa shape index (κ2) is 10.8. The molecule has 0 bridgehead atoms. The number of aromatic nitrogens is 3. The minimum absolute atomic E-state index is 0.138. The number of carbonyl (C=O) groups excluding carboxylic acids is 1. The van der Waals surface area contributed by atoms with Gasteiger partial charge in [-0.3, -0.25) is 4.79 Å². The summed E-state index contributed by atoms with van der Waals surface area (Å²) in [6.45, 7) is 2.08. The predicted octanol–water partition coefficient (Wildman–Crippen LogP) is 5.76. The average molecular weight is 505 g/mol. The summed E-state index contributed by atoms with van der Waals surface area (Å²) < 4.78 is 7.71. The van der Waals surface area contributed by atoms with Crippen LogP contribution in [-0.4, -0.2) is 32.3 Å². The first kappa shape index (κ1) is 24.5. The number of ether oxygens (including phenoxy) is 1. The van der Waals surface area contributed by atoms with E-state index in [1.807, 2.05) is 84.9 Å². The summed E-state index contributed by atoms with van der Waals surface area (Å²) in [4.78, 5) is 26.7. The van der Waals surface area contributed by atoms with E-state index < -0.39 is 5.97 Å². The minimum Gasteiger partial charge on any atom is -0.488 e. The van der Waals surface area contributed by atoms with Crippen LogP contribution in [0.5, 0.6) is 5.75 Å². The fraction of sp³-hybridized carbons (Fsp3) is 0.0667. The zero-order chi connectivity index (χ0) is 26.5. The smallest absolute Gasteiger partial charge is 0.339 e. The van der Waals surface area contributed by atoms with Gasteiger partial charge in [-0.25, -0.2) is 14.5 Å². The van der Waals surface area contributed by atoms with Crippen molar-refractivity contribution in [2.24, 2.45) is 0 Å². The molecule has 0 spiro atoms. The molecule has 2 aromatic heterocycles. The molecule has 2 heterocycles. The molecule has 8 heteroatoms. The van der Waals surface area contributed by atoms with Crippen LogP contribution < -0.4 is 10.1 Å². The van der Waals surface area contributed by atoms with Crippen molar-refractivity contribution in [1.82, 2.24) is 14.8 Å². The van der Waals surface area contributed by atoms with Gasteiger partial charge in [0, 0.05) is 11.3 Å². The van der Waals surface area contributed by atoms with Crippen LogP contribution in [0.25, 0.3) is 28.2 Å². The Morgan fingerprint density at radius 2 is 1.66 bits per heavy atom. The van der Waals surface area contributed by atoms with Gasteiger partial charge in [-0.05, 0) is 60.0 Å². The number of pyridine rings is 1. The summed E-state index contributed by atoms with van der Waals surface area (Å²) in [5, 5.41) is 16.2. The Labute approximate surface area is 219 Å². The summed E-state index contributed by atoms with van der Waals surface area (Å²) in [7, 11) is 0. The van der Waals surface area contributed by atoms with E-state index in [2.05, 4.69) is 10.4 Å². The van der Waals surface area contributed by atoms with Gasteiger partial charge in [0.05, 0.1) is 17.6 Å². The van der Waals surface area contributed by atoms with Crippen LogP contribution in [0.2, 0.25) is 0 Å². The Kier molecular flexibility index (Phi) is 6.95. The molecule has 188 valence electrons. The topological polar surface area (TPSA) is 106 Å². The molecule has 0 aliphatic heterocycles. The number of carboxylic acids is 1. The lowest BCUT2D eigenvalue weighted by Crippen LogP contribution is -2.05. The Bertz CT molecular complexity index is 1590. The molecule has 0 saturated heterocycles. The highest BCUT2D eigenvalue weighted by Gasteiger charge is 2.16. The maximum Gasteiger partial charge on any atom is 0.339 e. The number of aromatic carboxylic acids is 1. The molecule has 0 atom stereocenters. The van der Waals surface area contributed by atoms with Crippen molar-refractivity contribution in [1.29, 1.82) is 0 Å². The van der Waals surface area contributed by atoms with E-state index >= 15 is 0 Å². The second-order valence-corrected chi connectivity index (χ2v) is 8.56. The van der Waals surface area contributed by atoms with Gasteiger partial charge in [-0.2, -0.15) is 5.10 Å². The number of hydrogen-bond donors (Lipinski definition) is 2. The molecule has 0 fully saturated rings. The fourth-order valence-electron chi connectivity index (χ4n) is 4.13. The lowest BCUT2D eigenvalue weighted by atomic mass is 10.0. The van der Waals surface area contributed by atoms with Crippen molar-refractivity contribution in [3.8, 4) is 34.0 Å². The van der Waals surface area contributed by atoms with Crippen LogP contribution >= 0.6 is 0 Å². The lowest BCUT2D eigenvalue weighted by Gasteiger charge is -2.13. The van der Waals surface area contributed by atoms with Crippen molar-refractivity contribution in [2.75, 3.05) is 5.32 Å². The van der Waals surface area contributed by atoms with Crippen molar-refractivity contribution in [2.45, 2.75) is 13.5 Å². The van der Waals surface area contributed by atoms with Crippen LogP contribution in [0.15, 0.2) is 97.2 Å². The zero-order valence-electron chi connectivity index (χ0n) is 20.5. The maximum absolute atomic E-state index is 11.4. The monoisotopic (exact) mass is 504 g/mol. The molecule has 8 nitrogen and oxygen atoms in total. The Hall–Kier alpha value is -5.24. The molecular weight excluding hydrogens is 480 g/mol. The maximum atomic E-state index is 11.4. The standard InChI is InChI=1S/C30H24N4O4/c1-20-26(30(36)37)17-32-34(20)29-8-4-6-27(33-29)25-5-2-3-7-28(25)38-18-21-9-11-22(12-10-21)23-13-15-24(16-14-23)31-19-35/h2-17,19H,18H2,1H3,(H,31,35)(H,36,37). The van der Waals surface area contributed by atoms with Gasteiger partial charge >= 0.3 is 5.97 Å². The normalized spacial score (nSPS) is 10.7. The third-order valence-corrected chi connectivity index (χ3v) is 6.15. The number of hydrogen-bond acceptors (Lipinski definition) is 5. The van der Waals surface area contributed by atoms with Crippen LogP contribution in [-0.2, 0) is 11.4 Å². The number of para-hydroxylation sites is 1. The number of benzene rings is 3. The van der Waals surface area contributed by atoms with E-state index in [1.54, 1.807) is 13.0 Å². The molecular formula is C30H24N4O4. The minimum atomic E-state index is -1.03. The highest BCUT2D eigenvalue weighted by atomic mass is 16.5. The fourth-order valence-corrected chi connectivity index (χ4v) is 4.13. The quantitative estimate of drug-likeness (QED) is 0.247. The van der Waals surface area contributed by atoms with Crippen molar-refractivity contribution >= 4 is 18.1 Å². The molecule has 5 aromatic rings. The van der Waals surface area contributed by atoms with Crippen molar-refractivity contribution in [3.63, 3.8) is 0 Å². The average Bonchev–Trinajstić information content (AvgIpc) is 3.34. The Morgan fingerprint density at radius 1 is 0.947 bits per heavy atom. The van der Waals surface area contributed by atoms with Gasteiger partial charge in [0.1, 0.15) is 17.9 Å². The molecule has 0 saturated carbocycles. The largest absolute Gasteiger partial charge is 0.488 e. The molecule has 1 amide bonds. The van der Waals surface area contributed by atoms with Gasteiger partial charge in [-0.15, -0.1) is 0 Å². The van der Waals surface area contributed by atoms with Crippen LogP contribution in [0.4, 0.5) is 5.69 Å². The summed E-state index contributed by atoms with van der Waals surface area (Å²) >= 11 is 0. The van der Waals surface area contributed by atoms with E-state index in [-0.39, 0.29) is 5.56 Å². The summed E-state index contributed by atoms with van der Waals surface area (Å²) in [6.07, 6.45) is 1.99. The number of rotatable bonds is 9. The molecule has 0 aliphatic rings. The molecule has 0 radical (unpaired) electrons. The van der Waals surface area contributed by atoms with Crippen LogP contribution in [0.1, 0.15) is 21.6 Å².